The monoisotopic (exact) mass is 425 g/mol. The fourth-order valence-corrected chi connectivity index (χ4v) is 3.91. The molecular weight excluding hydrogens is 399 g/mol. The maximum atomic E-state index is 13.2. The number of pyridine rings is 1. The Labute approximate surface area is 173 Å². The highest BCUT2D eigenvalue weighted by Crippen LogP contribution is 2.28. The van der Waals surface area contributed by atoms with E-state index in [1.54, 1.807) is 25.7 Å². The molecule has 1 fully saturated rings. The summed E-state index contributed by atoms with van der Waals surface area (Å²) in [5.41, 5.74) is -1.01. The van der Waals surface area contributed by atoms with Crippen molar-refractivity contribution in [2.45, 2.75) is 70.7 Å². The average molecular weight is 425 g/mol. The van der Waals surface area contributed by atoms with Gasteiger partial charge in [0.2, 0.25) is 0 Å². The number of rotatable bonds is 5. The summed E-state index contributed by atoms with van der Waals surface area (Å²) in [6.07, 6.45) is -1.74. The second kappa shape index (κ2) is 8.37. The van der Waals surface area contributed by atoms with Crippen LogP contribution in [-0.4, -0.2) is 44.6 Å². The molecule has 2 aromatic heterocycles. The van der Waals surface area contributed by atoms with Gasteiger partial charge in [0.15, 0.2) is 5.89 Å². The highest BCUT2D eigenvalue weighted by Gasteiger charge is 2.35. The molecule has 1 atom stereocenters. The lowest BCUT2D eigenvalue weighted by molar-refractivity contribution is -0.127. The summed E-state index contributed by atoms with van der Waals surface area (Å²) < 4.78 is 44.5. The molecule has 1 aliphatic rings. The summed E-state index contributed by atoms with van der Waals surface area (Å²) in [4.78, 5) is 23.0. The average Bonchev–Trinajstić information content (AvgIpc) is 3.01. The number of halogens is 3. The zero-order chi connectivity index (χ0) is 22.1. The first-order valence-electron chi connectivity index (χ1n) is 9.96. The number of nitrogens with zero attached hydrogens (tertiary/aromatic N) is 3. The van der Waals surface area contributed by atoms with Crippen molar-refractivity contribution < 1.29 is 27.5 Å². The van der Waals surface area contributed by atoms with E-state index in [1.807, 2.05) is 0 Å². The molecule has 1 unspecified atom stereocenters. The molecule has 3 heterocycles. The zero-order valence-corrected chi connectivity index (χ0v) is 17.3. The van der Waals surface area contributed by atoms with Crippen molar-refractivity contribution in [3.8, 4) is 0 Å². The first-order valence-corrected chi connectivity index (χ1v) is 9.96. The van der Waals surface area contributed by atoms with Crippen LogP contribution in [0.4, 0.5) is 13.2 Å². The number of likely N-dealkylation sites (tertiary alicyclic amines) is 1. The number of aryl methyl sites for hydroxylation is 1. The minimum atomic E-state index is -4.45. The van der Waals surface area contributed by atoms with Crippen LogP contribution in [0.2, 0.25) is 0 Å². The van der Waals surface area contributed by atoms with Crippen molar-refractivity contribution in [2.75, 3.05) is 6.54 Å². The van der Waals surface area contributed by atoms with Gasteiger partial charge in [0.25, 0.3) is 5.91 Å². The number of alkyl halides is 3. The van der Waals surface area contributed by atoms with Crippen molar-refractivity contribution in [3.63, 3.8) is 0 Å². The topological polar surface area (TPSA) is 79.5 Å². The maximum Gasteiger partial charge on any atom is 0.394 e. The van der Waals surface area contributed by atoms with Crippen LogP contribution < -0.4 is 0 Å². The lowest BCUT2D eigenvalue weighted by atomic mass is 9.97. The van der Waals surface area contributed by atoms with Crippen LogP contribution in [0.25, 0.3) is 0 Å². The van der Waals surface area contributed by atoms with Gasteiger partial charge in [0, 0.05) is 25.2 Å². The number of carbonyl (C=O) groups excluding carboxylic acids is 1. The van der Waals surface area contributed by atoms with E-state index in [-0.39, 0.29) is 17.3 Å². The standard InChI is InChI=1S/C21H26F3N3O3/c1-13-18(20(2,3)29)26-17(30-13)11-14-7-4-5-10-27(14)19(28)15-8-6-9-25-16(15)12-21(22,23)24/h6,8-9,14,29H,4-5,7,10-12H2,1-3H3. The molecule has 1 saturated heterocycles. The summed E-state index contributed by atoms with van der Waals surface area (Å²) in [5.74, 6) is 0.444. The van der Waals surface area contributed by atoms with Gasteiger partial charge in [0.1, 0.15) is 17.1 Å². The van der Waals surface area contributed by atoms with Gasteiger partial charge in [-0.1, -0.05) is 0 Å². The summed E-state index contributed by atoms with van der Waals surface area (Å²) in [5, 5.41) is 10.2. The Hall–Kier alpha value is -2.42. The quantitative estimate of drug-likeness (QED) is 0.785. The Bertz CT molecular complexity index is 903. The minimum Gasteiger partial charge on any atom is -0.446 e. The lowest BCUT2D eigenvalue weighted by Gasteiger charge is -2.35. The third-order valence-corrected chi connectivity index (χ3v) is 5.21. The van der Waals surface area contributed by atoms with E-state index in [0.29, 0.717) is 36.7 Å². The zero-order valence-electron chi connectivity index (χ0n) is 17.3. The molecule has 3 rings (SSSR count). The molecule has 164 valence electrons. The van der Waals surface area contributed by atoms with Crippen molar-refractivity contribution in [3.05, 3.63) is 46.9 Å². The Morgan fingerprint density at radius 3 is 2.70 bits per heavy atom. The first-order chi connectivity index (χ1) is 14.0. The fraction of sp³-hybridized carbons (Fsp3) is 0.571. The third-order valence-electron chi connectivity index (χ3n) is 5.21. The number of hydrogen-bond donors (Lipinski definition) is 1. The van der Waals surface area contributed by atoms with Crippen LogP contribution in [0.15, 0.2) is 22.7 Å². The SMILES string of the molecule is Cc1oc(CC2CCCCN2C(=O)c2cccnc2CC(F)(F)F)nc1C(C)(C)O. The van der Waals surface area contributed by atoms with Crippen molar-refractivity contribution in [1.82, 2.24) is 14.9 Å². The van der Waals surface area contributed by atoms with E-state index in [4.69, 9.17) is 4.42 Å². The van der Waals surface area contributed by atoms with Gasteiger partial charge in [-0.3, -0.25) is 9.78 Å². The third kappa shape index (κ3) is 5.19. The molecule has 30 heavy (non-hydrogen) atoms. The second-order valence-corrected chi connectivity index (χ2v) is 8.21. The van der Waals surface area contributed by atoms with E-state index < -0.39 is 24.1 Å². The van der Waals surface area contributed by atoms with Gasteiger partial charge >= 0.3 is 6.18 Å². The predicted octanol–water partition coefficient (Wildman–Crippen LogP) is 3.95. The summed E-state index contributed by atoms with van der Waals surface area (Å²) in [6, 6.07) is 2.61. The first kappa shape index (κ1) is 22.3. The molecular formula is C21H26F3N3O3. The molecule has 1 amide bonds. The Morgan fingerprint density at radius 1 is 1.33 bits per heavy atom. The minimum absolute atomic E-state index is 0.0255. The molecule has 0 spiro atoms. The highest BCUT2D eigenvalue weighted by molar-refractivity contribution is 5.95. The van der Waals surface area contributed by atoms with E-state index in [9.17, 15) is 23.1 Å². The number of piperidine rings is 1. The number of amides is 1. The fourth-order valence-electron chi connectivity index (χ4n) is 3.91. The van der Waals surface area contributed by atoms with Gasteiger partial charge in [-0.2, -0.15) is 13.2 Å². The molecule has 2 aromatic rings. The summed E-state index contributed by atoms with van der Waals surface area (Å²) in [6.45, 7) is 5.39. The van der Waals surface area contributed by atoms with Gasteiger partial charge in [0.05, 0.1) is 17.7 Å². The van der Waals surface area contributed by atoms with Crippen LogP contribution in [0.1, 0.15) is 66.5 Å². The van der Waals surface area contributed by atoms with Gasteiger partial charge < -0.3 is 14.4 Å². The van der Waals surface area contributed by atoms with Crippen LogP contribution in [-0.2, 0) is 18.4 Å². The molecule has 0 radical (unpaired) electrons. The van der Waals surface area contributed by atoms with Crippen LogP contribution in [0.3, 0.4) is 0 Å². The van der Waals surface area contributed by atoms with E-state index in [0.717, 1.165) is 12.8 Å². The van der Waals surface area contributed by atoms with Crippen molar-refractivity contribution in [2.24, 2.45) is 0 Å². The van der Waals surface area contributed by atoms with Crippen LogP contribution in [0.5, 0.6) is 0 Å². The molecule has 1 aliphatic heterocycles. The number of oxazole rings is 1. The van der Waals surface area contributed by atoms with Crippen molar-refractivity contribution >= 4 is 5.91 Å². The van der Waals surface area contributed by atoms with E-state index in [1.165, 1.54) is 18.3 Å². The van der Waals surface area contributed by atoms with Crippen LogP contribution in [0, 0.1) is 6.92 Å². The van der Waals surface area contributed by atoms with Crippen LogP contribution >= 0.6 is 0 Å². The Balaban J connectivity index is 1.84. The molecule has 6 nitrogen and oxygen atoms in total. The molecule has 0 aliphatic carbocycles. The van der Waals surface area contributed by atoms with Gasteiger partial charge in [-0.05, 0) is 52.2 Å². The van der Waals surface area contributed by atoms with E-state index >= 15 is 0 Å². The van der Waals surface area contributed by atoms with Crippen molar-refractivity contribution in [1.29, 1.82) is 0 Å². The Kier molecular flexibility index (Phi) is 6.21. The van der Waals surface area contributed by atoms with E-state index in [2.05, 4.69) is 9.97 Å². The smallest absolute Gasteiger partial charge is 0.394 e. The summed E-state index contributed by atoms with van der Waals surface area (Å²) in [7, 11) is 0. The predicted molar refractivity (Wildman–Crippen MR) is 103 cm³/mol. The highest BCUT2D eigenvalue weighted by atomic mass is 19.4. The number of aromatic nitrogens is 2. The summed E-state index contributed by atoms with van der Waals surface area (Å²) >= 11 is 0. The van der Waals surface area contributed by atoms with Gasteiger partial charge in [-0.25, -0.2) is 4.98 Å². The second-order valence-electron chi connectivity index (χ2n) is 8.21. The molecule has 1 N–H and O–H groups in total. The van der Waals surface area contributed by atoms with Gasteiger partial charge in [-0.15, -0.1) is 0 Å². The maximum absolute atomic E-state index is 13.2. The number of hydrogen-bond acceptors (Lipinski definition) is 5. The normalized spacial score (nSPS) is 18.0. The molecule has 0 aromatic carbocycles. The number of carbonyl (C=O) groups is 1. The molecule has 9 heteroatoms. The Morgan fingerprint density at radius 2 is 2.07 bits per heavy atom. The molecule has 0 bridgehead atoms. The lowest BCUT2D eigenvalue weighted by Crippen LogP contribution is -2.45. The molecule has 0 saturated carbocycles. The largest absolute Gasteiger partial charge is 0.446 e. The number of aliphatic hydroxyl groups is 1.